The number of hydrogen-bond acceptors (Lipinski definition) is 3. The van der Waals surface area contributed by atoms with E-state index in [2.05, 4.69) is 5.10 Å². The molecule has 2 atom stereocenters. The van der Waals surface area contributed by atoms with Crippen LogP contribution in [0.2, 0.25) is 0 Å². The van der Waals surface area contributed by atoms with Crippen molar-refractivity contribution in [2.75, 3.05) is 0 Å². The van der Waals surface area contributed by atoms with Gasteiger partial charge in [0.1, 0.15) is 0 Å². The topological polar surface area (TPSA) is 36.3 Å². The molecule has 0 spiro atoms. The smallest absolute Gasteiger partial charge is 0.160 e. The van der Waals surface area contributed by atoms with Crippen molar-refractivity contribution in [1.29, 1.82) is 0 Å². The summed E-state index contributed by atoms with van der Waals surface area (Å²) in [7, 11) is 0. The molecule has 1 aliphatic heterocycles. The molecule has 4 heteroatoms. The Labute approximate surface area is 90.2 Å². The van der Waals surface area contributed by atoms with Crippen molar-refractivity contribution in [2.45, 2.75) is 51.7 Å². The van der Waals surface area contributed by atoms with E-state index in [1.54, 1.807) is 6.20 Å². The normalized spacial score (nSPS) is 27.1. The van der Waals surface area contributed by atoms with E-state index in [1.165, 1.54) is 0 Å². The standard InChI is InChI=1S/C11H18N2O2/c1-9(2)14-11-6-3-5-10(15-11)13-8-4-7-12-13/h4,7-11H,3,5-6H2,1-2H3. The number of nitrogens with zero attached hydrogens (tertiary/aromatic N) is 2. The fourth-order valence-electron chi connectivity index (χ4n) is 1.82. The minimum absolute atomic E-state index is 0.0394. The highest BCUT2D eigenvalue weighted by atomic mass is 16.7. The second-order valence-corrected chi connectivity index (χ2v) is 4.12. The van der Waals surface area contributed by atoms with Crippen molar-refractivity contribution < 1.29 is 9.47 Å². The summed E-state index contributed by atoms with van der Waals surface area (Å²) in [5, 5.41) is 4.19. The molecule has 0 bridgehead atoms. The van der Waals surface area contributed by atoms with Crippen LogP contribution in [0.3, 0.4) is 0 Å². The molecule has 0 aromatic carbocycles. The van der Waals surface area contributed by atoms with Gasteiger partial charge in [0.05, 0.1) is 6.10 Å². The van der Waals surface area contributed by atoms with Crippen LogP contribution in [0.1, 0.15) is 39.3 Å². The van der Waals surface area contributed by atoms with Gasteiger partial charge in [-0.2, -0.15) is 5.10 Å². The summed E-state index contributed by atoms with van der Waals surface area (Å²) in [6.45, 7) is 4.06. The van der Waals surface area contributed by atoms with E-state index in [0.29, 0.717) is 0 Å². The summed E-state index contributed by atoms with van der Waals surface area (Å²) in [5.41, 5.74) is 0. The Hall–Kier alpha value is -0.870. The molecule has 0 aliphatic carbocycles. The minimum Gasteiger partial charge on any atom is -0.350 e. The Balaban J connectivity index is 1.92. The SMILES string of the molecule is CC(C)OC1CCCC(n2cccn2)O1. The quantitative estimate of drug-likeness (QED) is 0.768. The first kappa shape index (κ1) is 10.6. The zero-order valence-electron chi connectivity index (χ0n) is 9.30. The number of ether oxygens (including phenoxy) is 2. The summed E-state index contributed by atoms with van der Waals surface area (Å²) >= 11 is 0. The lowest BCUT2D eigenvalue weighted by atomic mass is 10.1. The summed E-state index contributed by atoms with van der Waals surface area (Å²) in [6, 6.07) is 1.91. The molecule has 1 saturated heterocycles. The number of aromatic nitrogens is 2. The van der Waals surface area contributed by atoms with E-state index in [0.717, 1.165) is 19.3 Å². The average molecular weight is 210 g/mol. The van der Waals surface area contributed by atoms with Crippen LogP contribution in [-0.2, 0) is 9.47 Å². The number of rotatable bonds is 3. The second kappa shape index (κ2) is 4.77. The molecule has 15 heavy (non-hydrogen) atoms. The highest BCUT2D eigenvalue weighted by molar-refractivity contribution is 4.80. The van der Waals surface area contributed by atoms with Crippen molar-refractivity contribution >= 4 is 0 Å². The van der Waals surface area contributed by atoms with Gasteiger partial charge in [0, 0.05) is 12.4 Å². The molecule has 2 rings (SSSR count). The first-order valence-electron chi connectivity index (χ1n) is 5.56. The monoisotopic (exact) mass is 210 g/mol. The van der Waals surface area contributed by atoms with Gasteiger partial charge in [0.2, 0.25) is 0 Å². The molecule has 0 saturated carbocycles. The van der Waals surface area contributed by atoms with E-state index in [9.17, 15) is 0 Å². The van der Waals surface area contributed by atoms with Crippen LogP contribution in [0.25, 0.3) is 0 Å². The van der Waals surface area contributed by atoms with Crippen molar-refractivity contribution in [3.8, 4) is 0 Å². The fraction of sp³-hybridized carbons (Fsp3) is 0.727. The van der Waals surface area contributed by atoms with Gasteiger partial charge in [0.15, 0.2) is 12.5 Å². The van der Waals surface area contributed by atoms with Crippen LogP contribution in [0.5, 0.6) is 0 Å². The predicted octanol–water partition coefficient (Wildman–Crippen LogP) is 2.33. The van der Waals surface area contributed by atoms with E-state index >= 15 is 0 Å². The molecule has 1 aromatic rings. The number of hydrogen-bond donors (Lipinski definition) is 0. The summed E-state index contributed by atoms with van der Waals surface area (Å²) in [6.07, 6.45) is 7.01. The Bertz CT molecular complexity index is 285. The third kappa shape index (κ3) is 2.79. The lowest BCUT2D eigenvalue weighted by Gasteiger charge is -2.31. The van der Waals surface area contributed by atoms with Gasteiger partial charge in [-0.1, -0.05) is 0 Å². The Morgan fingerprint density at radius 2 is 2.33 bits per heavy atom. The molecular formula is C11H18N2O2. The molecule has 1 aromatic heterocycles. The van der Waals surface area contributed by atoms with Gasteiger partial charge in [0.25, 0.3) is 0 Å². The second-order valence-electron chi connectivity index (χ2n) is 4.12. The Morgan fingerprint density at radius 3 is 3.00 bits per heavy atom. The van der Waals surface area contributed by atoms with E-state index < -0.39 is 0 Å². The maximum absolute atomic E-state index is 5.82. The maximum atomic E-state index is 5.82. The van der Waals surface area contributed by atoms with Crippen molar-refractivity contribution in [1.82, 2.24) is 9.78 Å². The van der Waals surface area contributed by atoms with Gasteiger partial charge in [-0.05, 0) is 39.2 Å². The zero-order chi connectivity index (χ0) is 10.7. The molecule has 0 amide bonds. The van der Waals surface area contributed by atoms with E-state index in [4.69, 9.17) is 9.47 Å². The Kier molecular flexibility index (Phi) is 3.38. The van der Waals surface area contributed by atoms with Gasteiger partial charge in [-0.3, -0.25) is 0 Å². The fourth-order valence-corrected chi connectivity index (χ4v) is 1.82. The molecule has 1 fully saturated rings. The Morgan fingerprint density at radius 1 is 1.47 bits per heavy atom. The van der Waals surface area contributed by atoms with Gasteiger partial charge in [-0.25, -0.2) is 4.68 Å². The lowest BCUT2D eigenvalue weighted by molar-refractivity contribution is -0.230. The minimum atomic E-state index is -0.0760. The van der Waals surface area contributed by atoms with E-state index in [1.807, 2.05) is 30.8 Å². The highest BCUT2D eigenvalue weighted by Crippen LogP contribution is 2.27. The van der Waals surface area contributed by atoms with Gasteiger partial charge < -0.3 is 9.47 Å². The molecular weight excluding hydrogens is 192 g/mol. The maximum Gasteiger partial charge on any atom is 0.160 e. The summed E-state index contributed by atoms with van der Waals surface area (Å²) in [5.74, 6) is 0. The molecule has 2 heterocycles. The van der Waals surface area contributed by atoms with Crippen molar-refractivity contribution in [3.63, 3.8) is 0 Å². The average Bonchev–Trinajstić information content (AvgIpc) is 2.69. The van der Waals surface area contributed by atoms with Crippen LogP contribution < -0.4 is 0 Å². The largest absolute Gasteiger partial charge is 0.350 e. The molecule has 2 unspecified atom stereocenters. The van der Waals surface area contributed by atoms with Crippen LogP contribution >= 0.6 is 0 Å². The van der Waals surface area contributed by atoms with Crippen LogP contribution in [0.15, 0.2) is 18.5 Å². The first-order chi connectivity index (χ1) is 7.25. The zero-order valence-corrected chi connectivity index (χ0v) is 9.30. The van der Waals surface area contributed by atoms with Crippen LogP contribution in [0, 0.1) is 0 Å². The molecule has 1 aliphatic rings. The molecule has 4 nitrogen and oxygen atoms in total. The molecule has 84 valence electrons. The van der Waals surface area contributed by atoms with Crippen molar-refractivity contribution in [3.05, 3.63) is 18.5 Å². The predicted molar refractivity (Wildman–Crippen MR) is 56.2 cm³/mol. The van der Waals surface area contributed by atoms with Crippen molar-refractivity contribution in [2.24, 2.45) is 0 Å². The summed E-state index contributed by atoms with van der Waals surface area (Å²) < 4.78 is 13.3. The first-order valence-corrected chi connectivity index (χ1v) is 5.56. The third-order valence-corrected chi connectivity index (χ3v) is 2.44. The van der Waals surface area contributed by atoms with Gasteiger partial charge in [-0.15, -0.1) is 0 Å². The highest BCUT2D eigenvalue weighted by Gasteiger charge is 2.24. The van der Waals surface area contributed by atoms with Crippen LogP contribution in [0.4, 0.5) is 0 Å². The summed E-state index contributed by atoms with van der Waals surface area (Å²) in [4.78, 5) is 0. The van der Waals surface area contributed by atoms with Gasteiger partial charge >= 0.3 is 0 Å². The lowest BCUT2D eigenvalue weighted by Crippen LogP contribution is -2.30. The van der Waals surface area contributed by atoms with Crippen LogP contribution in [-0.4, -0.2) is 22.2 Å². The molecule has 0 radical (unpaired) electrons. The molecule has 0 N–H and O–H groups in total. The van der Waals surface area contributed by atoms with E-state index in [-0.39, 0.29) is 18.6 Å². The third-order valence-electron chi connectivity index (χ3n) is 2.44.